The van der Waals surface area contributed by atoms with E-state index in [9.17, 15) is 24.6 Å². The van der Waals surface area contributed by atoms with Crippen LogP contribution in [0.4, 0.5) is 0 Å². The van der Waals surface area contributed by atoms with Crippen LogP contribution >= 0.6 is 21.6 Å². The van der Waals surface area contributed by atoms with Crippen LogP contribution in [0.25, 0.3) is 0 Å². The van der Waals surface area contributed by atoms with Gasteiger partial charge < -0.3 is 26.2 Å². The van der Waals surface area contributed by atoms with Gasteiger partial charge in [0.2, 0.25) is 17.7 Å². The van der Waals surface area contributed by atoms with Crippen molar-refractivity contribution in [3.63, 3.8) is 0 Å². The van der Waals surface area contributed by atoms with Gasteiger partial charge in [-0.05, 0) is 89.2 Å². The Labute approximate surface area is 340 Å². The predicted octanol–water partition coefficient (Wildman–Crippen LogP) is 8.70. The number of hydrogen-bond acceptors (Lipinski definition) is 7. The molecule has 0 aliphatic heterocycles. The van der Waals surface area contributed by atoms with Gasteiger partial charge in [0.05, 0.1) is 18.6 Å². The predicted molar refractivity (Wildman–Crippen MR) is 236 cm³/mol. The van der Waals surface area contributed by atoms with Crippen molar-refractivity contribution < 1.29 is 24.6 Å². The van der Waals surface area contributed by atoms with Crippen molar-refractivity contribution in [2.75, 3.05) is 25.4 Å². The molecule has 8 nitrogen and oxygen atoms in total. The first-order valence-corrected chi connectivity index (χ1v) is 22.2. The molecule has 10 heteroatoms. The number of nitrogens with one attached hydrogen (secondary N) is 3. The van der Waals surface area contributed by atoms with Crippen LogP contribution in [0.2, 0.25) is 0 Å². The van der Waals surface area contributed by atoms with Crippen molar-refractivity contribution in [3.05, 3.63) is 108 Å². The van der Waals surface area contributed by atoms with E-state index in [1.807, 2.05) is 51.1 Å². The third-order valence-corrected chi connectivity index (χ3v) is 11.7. The Morgan fingerprint density at radius 2 is 1.29 bits per heavy atom. The van der Waals surface area contributed by atoms with E-state index in [1.54, 1.807) is 0 Å². The molecule has 0 aliphatic rings. The summed E-state index contributed by atoms with van der Waals surface area (Å²) in [5, 5.41) is 27.6. The maximum Gasteiger partial charge on any atom is 0.244 e. The first kappa shape index (κ1) is 49.7. The maximum atomic E-state index is 13.4. The highest BCUT2D eigenvalue weighted by atomic mass is 33.1. The zero-order valence-electron chi connectivity index (χ0n) is 34.2. The highest BCUT2D eigenvalue weighted by Gasteiger charge is 2.38. The first-order chi connectivity index (χ1) is 26.4. The summed E-state index contributed by atoms with van der Waals surface area (Å²) in [6.45, 7) is 11.9. The van der Waals surface area contributed by atoms with E-state index in [1.165, 1.54) is 27.2 Å². The quantitative estimate of drug-likeness (QED) is 0.0312. The van der Waals surface area contributed by atoms with Gasteiger partial charge >= 0.3 is 0 Å². The summed E-state index contributed by atoms with van der Waals surface area (Å²) in [6.07, 6.45) is 32.6. The summed E-state index contributed by atoms with van der Waals surface area (Å²) in [4.78, 5) is 39.1. The Balaban J connectivity index is 2.44. The fraction of sp³-hybridized carbons (Fsp3) is 0.533. The molecule has 1 rings (SSSR count). The highest BCUT2D eigenvalue weighted by Crippen LogP contribution is 2.38. The second-order valence-electron chi connectivity index (χ2n) is 14.4. The maximum absolute atomic E-state index is 13.4. The Bertz CT molecular complexity index is 1400. The van der Waals surface area contributed by atoms with Gasteiger partial charge in [0.1, 0.15) is 6.04 Å². The standard InChI is InChI=1S/C45H69N3O5S2/c1-7-8-9-10-11-12-13-14-15-16-17-18-19-20-21-22-23-24-25-26-41(51)46-31-32-54-55-45(5,6)42(44(53)47-34-40(50)35-49)48-43(52)37(4)39-29-27-38(28-30-39)33-36(2)3/h8-9,11-12,14-15,17-18,20-21,23-24,27-30,36-37,40,42,49-50H,7,10,13,16,19,22,25-26,31-35H2,1-6H3,(H,46,51)(H,47,53)(H,48,52)/b9-8-,12-11-,15-14-,18-17-,21-20-,24-23-/t37?,40-,42-/m1/s1. The van der Waals surface area contributed by atoms with Crippen molar-refractivity contribution in [2.45, 2.75) is 122 Å². The first-order valence-electron chi connectivity index (χ1n) is 19.8. The van der Waals surface area contributed by atoms with Gasteiger partial charge in [-0.1, -0.05) is 140 Å². The fourth-order valence-corrected chi connectivity index (χ4v) is 7.72. The van der Waals surface area contributed by atoms with Crippen LogP contribution in [-0.2, 0) is 20.8 Å². The van der Waals surface area contributed by atoms with E-state index < -0.39 is 35.3 Å². The number of carbonyl (C=O) groups is 3. The molecule has 55 heavy (non-hydrogen) atoms. The summed E-state index contributed by atoms with van der Waals surface area (Å²) in [5.74, 6) is -0.0724. The molecular formula is C45H69N3O5S2. The average Bonchev–Trinajstić information content (AvgIpc) is 3.16. The number of allylic oxidation sites excluding steroid dienone is 12. The Kier molecular flexibility index (Phi) is 27.9. The van der Waals surface area contributed by atoms with Gasteiger partial charge in [0, 0.05) is 30.0 Å². The molecule has 0 saturated carbocycles. The molecule has 1 aromatic carbocycles. The minimum Gasteiger partial charge on any atom is -0.394 e. The van der Waals surface area contributed by atoms with Crippen LogP contribution < -0.4 is 16.0 Å². The fourth-order valence-electron chi connectivity index (χ4n) is 5.19. The van der Waals surface area contributed by atoms with Crippen LogP contribution in [0.3, 0.4) is 0 Å². The number of amides is 3. The number of aliphatic hydroxyl groups is 2. The Hall–Kier alpha value is -3.31. The smallest absolute Gasteiger partial charge is 0.244 e. The molecule has 3 amide bonds. The summed E-state index contributed by atoms with van der Waals surface area (Å²) >= 11 is 0. The number of carbonyl (C=O) groups excluding carboxylic acids is 3. The third-order valence-electron chi connectivity index (χ3n) is 8.40. The minimum absolute atomic E-state index is 0.0115. The van der Waals surface area contributed by atoms with Gasteiger partial charge in [-0.3, -0.25) is 14.4 Å². The lowest BCUT2D eigenvalue weighted by molar-refractivity contribution is -0.130. The SMILES string of the molecule is CC/C=C\C/C=C\C/C=C\C/C=C\C/C=C\C/C=C\CCC(=O)NCCSSC(C)(C)[C@H](NC(=O)C(C)c1ccc(CC(C)C)cc1)C(=O)NC[C@@H](O)CO. The molecule has 1 aromatic rings. The third kappa shape index (κ3) is 24.7. The zero-order chi connectivity index (χ0) is 40.7. The molecule has 0 spiro atoms. The lowest BCUT2D eigenvalue weighted by Gasteiger charge is -2.33. The van der Waals surface area contributed by atoms with Gasteiger partial charge in [-0.25, -0.2) is 0 Å². The summed E-state index contributed by atoms with van der Waals surface area (Å²) in [5.41, 5.74) is 2.07. The Morgan fingerprint density at radius 3 is 1.80 bits per heavy atom. The molecular weight excluding hydrogens is 727 g/mol. The molecule has 0 saturated heterocycles. The van der Waals surface area contributed by atoms with E-state index in [0.29, 0.717) is 31.1 Å². The van der Waals surface area contributed by atoms with E-state index in [2.05, 4.69) is 104 Å². The molecule has 0 fully saturated rings. The number of hydrogen-bond donors (Lipinski definition) is 5. The zero-order valence-corrected chi connectivity index (χ0v) is 35.8. The second kappa shape index (κ2) is 30.9. The van der Waals surface area contributed by atoms with Crippen molar-refractivity contribution in [3.8, 4) is 0 Å². The van der Waals surface area contributed by atoms with Gasteiger partial charge in [-0.15, -0.1) is 0 Å². The lowest BCUT2D eigenvalue weighted by atomic mass is 9.95. The van der Waals surface area contributed by atoms with Crippen molar-refractivity contribution >= 4 is 39.3 Å². The monoisotopic (exact) mass is 795 g/mol. The van der Waals surface area contributed by atoms with Crippen LogP contribution in [0.15, 0.2) is 97.2 Å². The van der Waals surface area contributed by atoms with Gasteiger partial charge in [-0.2, -0.15) is 0 Å². The summed E-state index contributed by atoms with van der Waals surface area (Å²) < 4.78 is -0.741. The van der Waals surface area contributed by atoms with Crippen molar-refractivity contribution in [2.24, 2.45) is 5.92 Å². The number of aliphatic hydroxyl groups excluding tert-OH is 2. The Morgan fingerprint density at radius 1 is 0.764 bits per heavy atom. The number of benzene rings is 1. The average molecular weight is 796 g/mol. The molecule has 1 unspecified atom stereocenters. The molecule has 0 radical (unpaired) electrons. The van der Waals surface area contributed by atoms with E-state index in [0.717, 1.165) is 50.5 Å². The molecule has 306 valence electrons. The molecule has 3 atom stereocenters. The van der Waals surface area contributed by atoms with Gasteiger partial charge in [0.25, 0.3) is 0 Å². The highest BCUT2D eigenvalue weighted by molar-refractivity contribution is 8.77. The minimum atomic E-state index is -1.10. The van der Waals surface area contributed by atoms with E-state index in [-0.39, 0.29) is 18.4 Å². The van der Waals surface area contributed by atoms with Crippen LogP contribution in [0.1, 0.15) is 110 Å². The van der Waals surface area contributed by atoms with E-state index in [4.69, 9.17) is 0 Å². The molecule has 0 bridgehead atoms. The summed E-state index contributed by atoms with van der Waals surface area (Å²) in [6, 6.07) is 7.09. The number of rotatable bonds is 29. The van der Waals surface area contributed by atoms with Crippen LogP contribution in [-0.4, -0.2) is 70.3 Å². The summed E-state index contributed by atoms with van der Waals surface area (Å²) in [7, 11) is 2.97. The van der Waals surface area contributed by atoms with Crippen LogP contribution in [0.5, 0.6) is 0 Å². The second-order valence-corrected chi connectivity index (χ2v) is 17.5. The molecule has 0 aliphatic carbocycles. The van der Waals surface area contributed by atoms with Crippen LogP contribution in [0, 0.1) is 5.92 Å². The van der Waals surface area contributed by atoms with Gasteiger partial charge in [0.15, 0.2) is 0 Å². The largest absolute Gasteiger partial charge is 0.394 e. The topological polar surface area (TPSA) is 128 Å². The lowest BCUT2D eigenvalue weighted by Crippen LogP contribution is -2.57. The normalized spacial score (nSPS) is 14.3. The molecule has 0 heterocycles. The van der Waals surface area contributed by atoms with E-state index >= 15 is 0 Å². The molecule has 5 N–H and O–H groups in total. The van der Waals surface area contributed by atoms with Crippen molar-refractivity contribution in [1.82, 2.24) is 16.0 Å². The molecule has 0 aromatic heterocycles. The van der Waals surface area contributed by atoms with Crippen molar-refractivity contribution in [1.29, 1.82) is 0 Å².